The van der Waals surface area contributed by atoms with Crippen molar-refractivity contribution in [3.8, 4) is 0 Å². The third-order valence-electron chi connectivity index (χ3n) is 4.69. The zero-order valence-electron chi connectivity index (χ0n) is 15.0. The number of benzene rings is 1. The van der Waals surface area contributed by atoms with Gasteiger partial charge in [0, 0.05) is 32.6 Å². The van der Waals surface area contributed by atoms with Gasteiger partial charge in [-0.25, -0.2) is 4.39 Å². The molecule has 0 saturated carbocycles. The predicted molar refractivity (Wildman–Crippen MR) is 94.6 cm³/mol. The molecule has 1 aliphatic heterocycles. The first-order valence-corrected chi connectivity index (χ1v) is 8.63. The molecule has 2 heterocycles. The third kappa shape index (κ3) is 3.41. The quantitative estimate of drug-likeness (QED) is 0.813. The number of carbonyl (C=O) groups excluding carboxylic acids is 2. The summed E-state index contributed by atoms with van der Waals surface area (Å²) in [5.74, 6) is -1.05. The molecule has 140 valence electrons. The summed E-state index contributed by atoms with van der Waals surface area (Å²) in [6, 6.07) is 7.40. The maximum Gasteiger partial charge on any atom is 0.275 e. The number of piperidine rings is 1. The molecule has 1 aromatic heterocycles. The van der Waals surface area contributed by atoms with Crippen LogP contribution in [0, 0.1) is 0 Å². The number of aryl methyl sites for hydroxylation is 1. The fourth-order valence-electron chi connectivity index (χ4n) is 3.32. The number of nitrogens with one attached hydrogen (secondary N) is 1. The highest BCUT2D eigenvalue weighted by Crippen LogP contribution is 2.28. The number of halogens is 1. The van der Waals surface area contributed by atoms with Gasteiger partial charge < -0.3 is 15.0 Å². The molecule has 1 fully saturated rings. The highest BCUT2D eigenvalue weighted by Gasteiger charge is 2.44. The van der Waals surface area contributed by atoms with Crippen molar-refractivity contribution in [1.82, 2.24) is 20.0 Å². The lowest BCUT2D eigenvalue weighted by Gasteiger charge is -2.36. The second-order valence-corrected chi connectivity index (χ2v) is 6.53. The number of rotatable bonds is 5. The highest BCUT2D eigenvalue weighted by atomic mass is 19.1. The van der Waals surface area contributed by atoms with Crippen molar-refractivity contribution in [3.05, 3.63) is 30.0 Å². The Morgan fingerprint density at radius 3 is 2.92 bits per heavy atom. The fourth-order valence-corrected chi connectivity index (χ4v) is 3.32. The van der Waals surface area contributed by atoms with E-state index in [9.17, 15) is 9.59 Å². The number of hydrogen-bond acceptors (Lipinski definition) is 4. The largest absolute Gasteiger partial charge is 0.383 e. The van der Waals surface area contributed by atoms with Crippen molar-refractivity contribution in [1.29, 1.82) is 0 Å². The average Bonchev–Trinajstić information content (AvgIpc) is 2.98. The van der Waals surface area contributed by atoms with Gasteiger partial charge in [0.1, 0.15) is 0 Å². The number of ether oxygens (including phenoxy) is 1. The number of alkyl halides is 1. The molecule has 8 heteroatoms. The smallest absolute Gasteiger partial charge is 0.275 e. The van der Waals surface area contributed by atoms with Gasteiger partial charge in [-0.05, 0) is 18.9 Å². The first-order chi connectivity index (χ1) is 12.5. The lowest BCUT2D eigenvalue weighted by atomic mass is 9.93. The Morgan fingerprint density at radius 1 is 1.38 bits per heavy atom. The number of methoxy groups -OCH3 is 1. The molecule has 0 radical (unpaired) electrons. The van der Waals surface area contributed by atoms with E-state index in [-0.39, 0.29) is 31.1 Å². The van der Waals surface area contributed by atoms with Crippen LogP contribution in [0.4, 0.5) is 4.39 Å². The number of carbonyl (C=O) groups is 2. The Bertz CT molecular complexity index is 822. The molecule has 1 N–H and O–H groups in total. The minimum Gasteiger partial charge on any atom is -0.383 e. The van der Waals surface area contributed by atoms with Crippen LogP contribution in [-0.4, -0.2) is 65.5 Å². The molecule has 1 aromatic carbocycles. The predicted octanol–water partition coefficient (Wildman–Crippen LogP) is 1.28. The summed E-state index contributed by atoms with van der Waals surface area (Å²) in [6.45, 7) is 0.681. The normalized spacial score (nSPS) is 20.3. The Balaban J connectivity index is 1.78. The second kappa shape index (κ2) is 7.41. The van der Waals surface area contributed by atoms with E-state index in [2.05, 4.69) is 10.4 Å². The van der Waals surface area contributed by atoms with Gasteiger partial charge in [0.25, 0.3) is 11.8 Å². The molecule has 1 unspecified atom stereocenters. The average molecular weight is 362 g/mol. The van der Waals surface area contributed by atoms with Crippen LogP contribution in [0.3, 0.4) is 0 Å². The van der Waals surface area contributed by atoms with Crippen molar-refractivity contribution < 1.29 is 18.7 Å². The number of fused-ring (bicyclic) bond motifs is 1. The first kappa shape index (κ1) is 18.3. The molecule has 2 amide bonds. The number of likely N-dealkylation sites (tertiary alicyclic amines) is 1. The topological polar surface area (TPSA) is 76.5 Å². The summed E-state index contributed by atoms with van der Waals surface area (Å²) in [6.07, 6.45) is 0.517. The minimum atomic E-state index is -2.09. The number of para-hydroxylation sites is 1. The molecule has 2 aromatic rings. The molecular formula is C18H23FN4O3. The van der Waals surface area contributed by atoms with Gasteiger partial charge in [-0.3, -0.25) is 14.3 Å². The van der Waals surface area contributed by atoms with Crippen LogP contribution < -0.4 is 5.32 Å². The van der Waals surface area contributed by atoms with Gasteiger partial charge in [-0.1, -0.05) is 18.2 Å². The minimum absolute atomic E-state index is 0.0958. The van der Waals surface area contributed by atoms with Crippen LogP contribution in [0.5, 0.6) is 0 Å². The van der Waals surface area contributed by atoms with Crippen LogP contribution in [0.2, 0.25) is 0 Å². The van der Waals surface area contributed by atoms with Gasteiger partial charge in [0.2, 0.25) is 5.67 Å². The summed E-state index contributed by atoms with van der Waals surface area (Å²) in [5.41, 5.74) is -0.976. The fraction of sp³-hybridized carbons (Fsp3) is 0.500. The van der Waals surface area contributed by atoms with Crippen LogP contribution in [0.15, 0.2) is 24.3 Å². The third-order valence-corrected chi connectivity index (χ3v) is 4.69. The van der Waals surface area contributed by atoms with Crippen molar-refractivity contribution in [2.45, 2.75) is 18.5 Å². The zero-order valence-corrected chi connectivity index (χ0v) is 15.0. The summed E-state index contributed by atoms with van der Waals surface area (Å²) >= 11 is 0. The molecule has 0 bridgehead atoms. The zero-order chi connectivity index (χ0) is 18.7. The van der Waals surface area contributed by atoms with Gasteiger partial charge in [0.15, 0.2) is 5.69 Å². The van der Waals surface area contributed by atoms with Crippen LogP contribution in [-0.2, 0) is 16.6 Å². The van der Waals surface area contributed by atoms with E-state index < -0.39 is 11.6 Å². The highest BCUT2D eigenvalue weighted by molar-refractivity contribution is 6.05. The second-order valence-electron chi connectivity index (χ2n) is 6.53. The number of hydrogen-bond donors (Lipinski definition) is 1. The van der Waals surface area contributed by atoms with Crippen molar-refractivity contribution >= 4 is 22.7 Å². The number of aromatic nitrogens is 2. The van der Waals surface area contributed by atoms with E-state index in [1.165, 1.54) is 12.0 Å². The van der Waals surface area contributed by atoms with Gasteiger partial charge in [-0.2, -0.15) is 5.10 Å². The molecule has 0 aliphatic carbocycles. The Morgan fingerprint density at radius 2 is 2.15 bits per heavy atom. The van der Waals surface area contributed by atoms with Crippen LogP contribution in [0.25, 0.3) is 10.9 Å². The molecule has 1 atom stereocenters. The van der Waals surface area contributed by atoms with E-state index >= 15 is 4.39 Å². The van der Waals surface area contributed by atoms with E-state index in [0.717, 1.165) is 10.9 Å². The lowest BCUT2D eigenvalue weighted by molar-refractivity contribution is -0.136. The van der Waals surface area contributed by atoms with E-state index in [0.29, 0.717) is 19.6 Å². The molecule has 0 spiro atoms. The molecular weight excluding hydrogens is 339 g/mol. The number of nitrogens with zero attached hydrogens (tertiary/aromatic N) is 3. The molecule has 1 saturated heterocycles. The number of amides is 2. The van der Waals surface area contributed by atoms with E-state index in [4.69, 9.17) is 4.74 Å². The van der Waals surface area contributed by atoms with Crippen molar-refractivity contribution in [2.75, 3.05) is 33.4 Å². The Hall–Kier alpha value is -2.48. The maximum atomic E-state index is 15.2. The summed E-state index contributed by atoms with van der Waals surface area (Å²) in [7, 11) is 3.27. The van der Waals surface area contributed by atoms with Crippen molar-refractivity contribution in [2.24, 2.45) is 7.05 Å². The SMILES string of the molecule is COCCNC(=O)C1(F)CCCN(C(=O)c2nn(C)c3ccccc23)C1. The van der Waals surface area contributed by atoms with Crippen LogP contribution in [0.1, 0.15) is 23.3 Å². The van der Waals surface area contributed by atoms with Gasteiger partial charge in [-0.15, -0.1) is 0 Å². The first-order valence-electron chi connectivity index (χ1n) is 8.63. The lowest BCUT2D eigenvalue weighted by Crippen LogP contribution is -2.56. The van der Waals surface area contributed by atoms with Crippen molar-refractivity contribution in [3.63, 3.8) is 0 Å². The maximum absolute atomic E-state index is 15.2. The molecule has 26 heavy (non-hydrogen) atoms. The van der Waals surface area contributed by atoms with E-state index in [1.807, 2.05) is 24.3 Å². The Kier molecular flexibility index (Phi) is 5.22. The summed E-state index contributed by atoms with van der Waals surface area (Å²) in [5, 5.41) is 7.56. The van der Waals surface area contributed by atoms with E-state index in [1.54, 1.807) is 11.7 Å². The summed E-state index contributed by atoms with van der Waals surface area (Å²) in [4.78, 5) is 26.5. The Labute approximate surface area is 151 Å². The van der Waals surface area contributed by atoms with Gasteiger partial charge >= 0.3 is 0 Å². The van der Waals surface area contributed by atoms with Crippen LogP contribution >= 0.6 is 0 Å². The monoisotopic (exact) mass is 362 g/mol. The molecule has 7 nitrogen and oxygen atoms in total. The molecule has 1 aliphatic rings. The summed E-state index contributed by atoms with van der Waals surface area (Å²) < 4.78 is 21.7. The molecule has 3 rings (SSSR count). The van der Waals surface area contributed by atoms with Gasteiger partial charge in [0.05, 0.1) is 18.7 Å². The standard InChI is InChI=1S/C18H23FN4O3/c1-22-14-7-4-3-6-13(14)15(21-22)16(24)23-10-5-8-18(19,12-23)17(25)20-9-11-26-2/h3-4,6-7H,5,8-12H2,1-2H3,(H,20,25).